The molecule has 2 aromatic rings. The third-order valence-electron chi connectivity index (χ3n) is 5.24. The smallest absolute Gasteiger partial charge is 0.311 e. The summed E-state index contributed by atoms with van der Waals surface area (Å²) in [6.45, 7) is 5.34. The zero-order valence-corrected chi connectivity index (χ0v) is 18.0. The van der Waals surface area contributed by atoms with Crippen molar-refractivity contribution in [2.24, 2.45) is 5.92 Å². The molecule has 0 bridgehead atoms. The van der Waals surface area contributed by atoms with E-state index in [4.69, 9.17) is 11.6 Å². The van der Waals surface area contributed by atoms with Gasteiger partial charge in [0, 0.05) is 36.9 Å². The molecule has 0 aliphatic carbocycles. The van der Waals surface area contributed by atoms with Crippen LogP contribution in [-0.4, -0.2) is 50.0 Å². The Morgan fingerprint density at radius 3 is 2.14 bits per heavy atom. The average molecular weight is 437 g/mol. The van der Waals surface area contributed by atoms with Crippen molar-refractivity contribution in [3.63, 3.8) is 0 Å². The van der Waals surface area contributed by atoms with E-state index >= 15 is 0 Å². The van der Waals surface area contributed by atoms with Crippen molar-refractivity contribution in [1.82, 2.24) is 4.31 Å². The Labute approximate surface area is 176 Å². The molecule has 1 heterocycles. The van der Waals surface area contributed by atoms with Crippen molar-refractivity contribution in [3.05, 3.63) is 59.1 Å². The summed E-state index contributed by atoms with van der Waals surface area (Å²) in [7, 11) is -3.79. The van der Waals surface area contributed by atoms with Gasteiger partial charge in [-0.2, -0.15) is 4.31 Å². The standard InChI is InChI=1S/C21H25ClN2O4S/c1-15(2)20(21(25)26)18-5-3-4-6-19(18)29(27,28)24-13-11-23(12-14-24)17-9-7-16(22)8-10-17/h3-10,15,20H,11-14H2,1-2H3,(H,25,26). The molecule has 0 aromatic heterocycles. The van der Waals surface area contributed by atoms with E-state index in [1.54, 1.807) is 32.0 Å². The van der Waals surface area contributed by atoms with Gasteiger partial charge >= 0.3 is 5.97 Å². The second-order valence-corrected chi connectivity index (χ2v) is 9.81. The molecule has 0 amide bonds. The molecule has 156 valence electrons. The summed E-state index contributed by atoms with van der Waals surface area (Å²) in [6, 6.07) is 13.9. The number of sulfonamides is 1. The molecule has 1 fully saturated rings. The van der Waals surface area contributed by atoms with Crippen LogP contribution in [0.25, 0.3) is 0 Å². The molecule has 29 heavy (non-hydrogen) atoms. The van der Waals surface area contributed by atoms with E-state index in [0.29, 0.717) is 36.8 Å². The first kappa shape index (κ1) is 21.6. The summed E-state index contributed by atoms with van der Waals surface area (Å²) in [4.78, 5) is 14.0. The normalized spacial score (nSPS) is 16.8. The van der Waals surface area contributed by atoms with Crippen LogP contribution in [0.3, 0.4) is 0 Å². The van der Waals surface area contributed by atoms with Crippen molar-refractivity contribution < 1.29 is 18.3 Å². The molecule has 8 heteroatoms. The first-order valence-corrected chi connectivity index (χ1v) is 11.4. The molecule has 1 aliphatic heterocycles. The number of carbonyl (C=O) groups is 1. The predicted molar refractivity (Wildman–Crippen MR) is 114 cm³/mol. The highest BCUT2D eigenvalue weighted by Crippen LogP contribution is 2.32. The van der Waals surface area contributed by atoms with Gasteiger partial charge in [-0.05, 0) is 41.8 Å². The molecule has 2 aromatic carbocycles. The van der Waals surface area contributed by atoms with Crippen molar-refractivity contribution in [3.8, 4) is 0 Å². The summed E-state index contributed by atoms with van der Waals surface area (Å²) >= 11 is 5.94. The van der Waals surface area contributed by atoms with Crippen molar-refractivity contribution >= 4 is 33.3 Å². The summed E-state index contributed by atoms with van der Waals surface area (Å²) < 4.78 is 28.1. The molecule has 6 nitrogen and oxygen atoms in total. The number of halogens is 1. The number of hydrogen-bond acceptors (Lipinski definition) is 4. The number of nitrogens with zero attached hydrogens (tertiary/aromatic N) is 2. The fourth-order valence-corrected chi connectivity index (χ4v) is 5.52. The number of aliphatic carboxylic acids is 1. The van der Waals surface area contributed by atoms with Crippen LogP contribution in [0.4, 0.5) is 5.69 Å². The van der Waals surface area contributed by atoms with Gasteiger partial charge in [-0.25, -0.2) is 8.42 Å². The van der Waals surface area contributed by atoms with Crippen molar-refractivity contribution in [2.75, 3.05) is 31.1 Å². The molecule has 1 unspecified atom stereocenters. The molecule has 0 saturated carbocycles. The number of rotatable bonds is 6. The lowest BCUT2D eigenvalue weighted by atomic mass is 9.88. The average Bonchev–Trinajstić information content (AvgIpc) is 2.68. The summed E-state index contributed by atoms with van der Waals surface area (Å²) in [5, 5.41) is 10.3. The van der Waals surface area contributed by atoms with Gasteiger partial charge in [-0.15, -0.1) is 0 Å². The second-order valence-electron chi connectivity index (χ2n) is 7.47. The quantitative estimate of drug-likeness (QED) is 0.747. The molecular weight excluding hydrogens is 412 g/mol. The van der Waals surface area contributed by atoms with Crippen LogP contribution >= 0.6 is 11.6 Å². The highest BCUT2D eigenvalue weighted by Gasteiger charge is 2.34. The monoisotopic (exact) mass is 436 g/mol. The van der Waals surface area contributed by atoms with Gasteiger partial charge in [-0.1, -0.05) is 43.6 Å². The number of carboxylic acid groups (broad SMARTS) is 1. The lowest BCUT2D eigenvalue weighted by Crippen LogP contribution is -2.48. The first-order chi connectivity index (χ1) is 13.7. The number of anilines is 1. The first-order valence-electron chi connectivity index (χ1n) is 9.54. The van der Waals surface area contributed by atoms with Gasteiger partial charge in [0.05, 0.1) is 10.8 Å². The number of carboxylic acids is 1. The van der Waals surface area contributed by atoms with E-state index < -0.39 is 21.9 Å². The topological polar surface area (TPSA) is 77.9 Å². The maximum absolute atomic E-state index is 13.3. The van der Waals surface area contributed by atoms with Crippen molar-refractivity contribution in [2.45, 2.75) is 24.7 Å². The van der Waals surface area contributed by atoms with E-state index in [1.165, 1.54) is 10.4 Å². The highest BCUT2D eigenvalue weighted by atomic mass is 35.5. The maximum Gasteiger partial charge on any atom is 0.311 e. The number of hydrogen-bond donors (Lipinski definition) is 1. The van der Waals surface area contributed by atoms with Crippen molar-refractivity contribution in [1.29, 1.82) is 0 Å². The van der Waals surface area contributed by atoms with Crippen LogP contribution in [0, 0.1) is 5.92 Å². The molecule has 1 saturated heterocycles. The van der Waals surface area contributed by atoms with Gasteiger partial charge in [0.15, 0.2) is 0 Å². The van der Waals surface area contributed by atoms with E-state index in [2.05, 4.69) is 4.90 Å². The van der Waals surface area contributed by atoms with Gasteiger partial charge < -0.3 is 10.0 Å². The Morgan fingerprint density at radius 2 is 1.59 bits per heavy atom. The fourth-order valence-electron chi connectivity index (χ4n) is 3.73. The molecule has 0 radical (unpaired) electrons. The van der Waals surface area contributed by atoms with E-state index in [-0.39, 0.29) is 10.8 Å². The Kier molecular flexibility index (Phi) is 6.51. The molecular formula is C21H25ClN2O4S. The predicted octanol–water partition coefficient (Wildman–Crippen LogP) is 3.68. The van der Waals surface area contributed by atoms with Crippen LogP contribution < -0.4 is 4.90 Å². The maximum atomic E-state index is 13.3. The van der Waals surface area contributed by atoms with Gasteiger partial charge in [0.2, 0.25) is 10.0 Å². The zero-order valence-electron chi connectivity index (χ0n) is 16.5. The molecule has 1 N–H and O–H groups in total. The van der Waals surface area contributed by atoms with Crippen LogP contribution in [0.2, 0.25) is 5.02 Å². The molecule has 0 spiro atoms. The summed E-state index contributed by atoms with van der Waals surface area (Å²) in [5.41, 5.74) is 1.34. The Bertz CT molecular complexity index is 968. The largest absolute Gasteiger partial charge is 0.481 e. The highest BCUT2D eigenvalue weighted by molar-refractivity contribution is 7.89. The van der Waals surface area contributed by atoms with Crippen LogP contribution in [0.5, 0.6) is 0 Å². The molecule has 1 atom stereocenters. The molecule has 1 aliphatic rings. The Morgan fingerprint density at radius 1 is 1.00 bits per heavy atom. The third kappa shape index (κ3) is 4.57. The third-order valence-corrected chi connectivity index (χ3v) is 7.46. The summed E-state index contributed by atoms with van der Waals surface area (Å²) in [6.07, 6.45) is 0. The SMILES string of the molecule is CC(C)C(C(=O)O)c1ccccc1S(=O)(=O)N1CCN(c2ccc(Cl)cc2)CC1. The summed E-state index contributed by atoms with van der Waals surface area (Å²) in [5.74, 6) is -2.13. The lowest BCUT2D eigenvalue weighted by Gasteiger charge is -2.36. The Balaban J connectivity index is 1.84. The van der Waals surface area contributed by atoms with E-state index in [1.807, 2.05) is 24.3 Å². The fraction of sp³-hybridized carbons (Fsp3) is 0.381. The second kappa shape index (κ2) is 8.73. The minimum atomic E-state index is -3.79. The Hall–Kier alpha value is -2.09. The van der Waals surface area contributed by atoms with Gasteiger partial charge in [0.1, 0.15) is 0 Å². The van der Waals surface area contributed by atoms with Crippen LogP contribution in [0.1, 0.15) is 25.3 Å². The zero-order chi connectivity index (χ0) is 21.2. The minimum Gasteiger partial charge on any atom is -0.481 e. The van der Waals surface area contributed by atoms with Crippen LogP contribution in [0.15, 0.2) is 53.4 Å². The van der Waals surface area contributed by atoms with Gasteiger partial charge in [0.25, 0.3) is 0 Å². The van der Waals surface area contributed by atoms with E-state index in [9.17, 15) is 18.3 Å². The van der Waals surface area contributed by atoms with E-state index in [0.717, 1.165) is 5.69 Å². The number of piperazine rings is 1. The number of benzene rings is 2. The molecule has 3 rings (SSSR count). The van der Waals surface area contributed by atoms with Gasteiger partial charge in [-0.3, -0.25) is 4.79 Å². The minimum absolute atomic E-state index is 0.0843. The van der Waals surface area contributed by atoms with Crippen LogP contribution in [-0.2, 0) is 14.8 Å². The lowest BCUT2D eigenvalue weighted by molar-refractivity contribution is -0.139.